The SMILES string of the molecule is CC(C)CC1CCCC(NCc2csc(=O)[nH]2)C1. The van der Waals surface area contributed by atoms with E-state index in [-0.39, 0.29) is 4.87 Å². The average molecular weight is 268 g/mol. The second kappa shape index (κ2) is 6.53. The molecule has 0 radical (unpaired) electrons. The van der Waals surface area contributed by atoms with E-state index in [4.69, 9.17) is 0 Å². The van der Waals surface area contributed by atoms with Crippen LogP contribution in [0.2, 0.25) is 0 Å². The molecule has 102 valence electrons. The van der Waals surface area contributed by atoms with Gasteiger partial charge in [0.15, 0.2) is 0 Å². The van der Waals surface area contributed by atoms with Crippen LogP contribution in [-0.2, 0) is 6.54 Å². The van der Waals surface area contributed by atoms with Crippen molar-refractivity contribution in [3.8, 4) is 0 Å². The molecule has 1 fully saturated rings. The minimum absolute atomic E-state index is 0.0492. The van der Waals surface area contributed by atoms with Gasteiger partial charge in [-0.2, -0.15) is 0 Å². The van der Waals surface area contributed by atoms with Crippen molar-refractivity contribution in [3.05, 3.63) is 20.7 Å². The maximum absolute atomic E-state index is 11.0. The molecule has 4 heteroatoms. The Morgan fingerprint density at radius 2 is 2.33 bits per heavy atom. The second-order valence-electron chi connectivity index (χ2n) is 5.91. The maximum Gasteiger partial charge on any atom is 0.304 e. The minimum Gasteiger partial charge on any atom is -0.315 e. The standard InChI is InChI=1S/C14H24N2OS/c1-10(2)6-11-4-3-5-12(7-11)15-8-13-9-18-14(17)16-13/h9-12,15H,3-8H2,1-2H3,(H,16,17). The lowest BCUT2D eigenvalue weighted by Gasteiger charge is -2.30. The van der Waals surface area contributed by atoms with Gasteiger partial charge in [-0.15, -0.1) is 0 Å². The summed E-state index contributed by atoms with van der Waals surface area (Å²) in [5.74, 6) is 1.69. The van der Waals surface area contributed by atoms with Gasteiger partial charge >= 0.3 is 4.87 Å². The number of aromatic amines is 1. The van der Waals surface area contributed by atoms with E-state index < -0.39 is 0 Å². The summed E-state index contributed by atoms with van der Waals surface area (Å²) in [6, 6.07) is 0.630. The Kier molecular flexibility index (Phi) is 5.01. The van der Waals surface area contributed by atoms with Crippen LogP contribution in [0.1, 0.15) is 51.6 Å². The molecule has 0 saturated heterocycles. The molecule has 2 unspecified atom stereocenters. The zero-order valence-electron chi connectivity index (χ0n) is 11.4. The molecule has 0 amide bonds. The zero-order chi connectivity index (χ0) is 13.0. The average Bonchev–Trinajstić information content (AvgIpc) is 2.72. The van der Waals surface area contributed by atoms with E-state index in [2.05, 4.69) is 24.1 Å². The lowest BCUT2D eigenvalue weighted by molar-refractivity contribution is 0.251. The lowest BCUT2D eigenvalue weighted by atomic mass is 9.81. The predicted molar refractivity (Wildman–Crippen MR) is 77.0 cm³/mol. The normalized spacial score (nSPS) is 24.6. The monoisotopic (exact) mass is 268 g/mol. The number of rotatable bonds is 5. The molecule has 0 aliphatic heterocycles. The summed E-state index contributed by atoms with van der Waals surface area (Å²) in [4.78, 5) is 14.0. The van der Waals surface area contributed by atoms with E-state index in [9.17, 15) is 4.79 Å². The molecule has 1 aromatic heterocycles. The van der Waals surface area contributed by atoms with Gasteiger partial charge in [-0.25, -0.2) is 0 Å². The molecular weight excluding hydrogens is 244 g/mol. The second-order valence-corrected chi connectivity index (χ2v) is 6.76. The molecule has 18 heavy (non-hydrogen) atoms. The van der Waals surface area contributed by atoms with Gasteiger partial charge in [0.2, 0.25) is 0 Å². The van der Waals surface area contributed by atoms with Gasteiger partial charge in [-0.3, -0.25) is 4.79 Å². The van der Waals surface area contributed by atoms with Crippen LogP contribution in [0.15, 0.2) is 10.2 Å². The molecule has 2 atom stereocenters. The quantitative estimate of drug-likeness (QED) is 0.861. The third-order valence-electron chi connectivity index (χ3n) is 3.74. The first-order valence-electron chi connectivity index (χ1n) is 7.03. The van der Waals surface area contributed by atoms with Crippen molar-refractivity contribution < 1.29 is 0 Å². The third kappa shape index (κ3) is 4.25. The van der Waals surface area contributed by atoms with Gasteiger partial charge in [0.1, 0.15) is 0 Å². The number of hydrogen-bond acceptors (Lipinski definition) is 3. The molecule has 1 saturated carbocycles. The van der Waals surface area contributed by atoms with Crippen molar-refractivity contribution in [1.82, 2.24) is 10.3 Å². The van der Waals surface area contributed by atoms with Gasteiger partial charge in [0, 0.05) is 23.7 Å². The highest BCUT2D eigenvalue weighted by Crippen LogP contribution is 2.29. The Labute approximate surface area is 113 Å². The van der Waals surface area contributed by atoms with Crippen LogP contribution in [-0.4, -0.2) is 11.0 Å². The first-order chi connectivity index (χ1) is 8.63. The number of thiazole rings is 1. The van der Waals surface area contributed by atoms with Crippen molar-refractivity contribution >= 4 is 11.3 Å². The molecule has 3 nitrogen and oxygen atoms in total. The minimum atomic E-state index is 0.0492. The summed E-state index contributed by atoms with van der Waals surface area (Å²) < 4.78 is 0. The van der Waals surface area contributed by atoms with Crippen molar-refractivity contribution in [2.45, 2.75) is 58.5 Å². The van der Waals surface area contributed by atoms with Gasteiger partial charge < -0.3 is 10.3 Å². The Morgan fingerprint density at radius 3 is 3.00 bits per heavy atom. The highest BCUT2D eigenvalue weighted by atomic mass is 32.1. The van der Waals surface area contributed by atoms with Crippen molar-refractivity contribution in [1.29, 1.82) is 0 Å². The van der Waals surface area contributed by atoms with E-state index in [1.54, 1.807) is 0 Å². The summed E-state index contributed by atoms with van der Waals surface area (Å²) in [6.45, 7) is 5.43. The van der Waals surface area contributed by atoms with Crippen molar-refractivity contribution in [3.63, 3.8) is 0 Å². The van der Waals surface area contributed by atoms with Crippen molar-refractivity contribution in [2.24, 2.45) is 11.8 Å². The van der Waals surface area contributed by atoms with Gasteiger partial charge in [-0.05, 0) is 31.1 Å². The Bertz CT molecular complexity index is 410. The maximum atomic E-state index is 11.0. The fourth-order valence-electron chi connectivity index (χ4n) is 3.01. The predicted octanol–water partition coefficient (Wildman–Crippen LogP) is 3.13. The summed E-state index contributed by atoms with van der Waals surface area (Å²) in [5.41, 5.74) is 1.02. The van der Waals surface area contributed by atoms with Crippen LogP contribution >= 0.6 is 11.3 Å². The largest absolute Gasteiger partial charge is 0.315 e. The van der Waals surface area contributed by atoms with Crippen LogP contribution in [0.4, 0.5) is 0 Å². The van der Waals surface area contributed by atoms with E-state index in [1.165, 1.54) is 43.4 Å². The van der Waals surface area contributed by atoms with E-state index >= 15 is 0 Å². The van der Waals surface area contributed by atoms with Crippen LogP contribution in [0.25, 0.3) is 0 Å². The van der Waals surface area contributed by atoms with Gasteiger partial charge in [-0.1, -0.05) is 38.0 Å². The molecule has 1 aliphatic carbocycles. The van der Waals surface area contributed by atoms with Crippen LogP contribution in [0.5, 0.6) is 0 Å². The molecule has 0 bridgehead atoms. The lowest BCUT2D eigenvalue weighted by Crippen LogP contribution is -2.34. The van der Waals surface area contributed by atoms with Gasteiger partial charge in [0.25, 0.3) is 0 Å². The Hall–Kier alpha value is -0.610. The Morgan fingerprint density at radius 1 is 1.50 bits per heavy atom. The van der Waals surface area contributed by atoms with Crippen LogP contribution in [0, 0.1) is 11.8 Å². The Balaban J connectivity index is 1.77. The number of nitrogens with one attached hydrogen (secondary N) is 2. The highest BCUT2D eigenvalue weighted by Gasteiger charge is 2.22. The summed E-state index contributed by atoms with van der Waals surface area (Å²) in [7, 11) is 0. The van der Waals surface area contributed by atoms with Crippen LogP contribution in [0.3, 0.4) is 0 Å². The molecule has 0 spiro atoms. The van der Waals surface area contributed by atoms with Crippen LogP contribution < -0.4 is 10.2 Å². The number of aromatic nitrogens is 1. The van der Waals surface area contributed by atoms with E-state index in [0.717, 1.165) is 24.1 Å². The fraction of sp³-hybridized carbons (Fsp3) is 0.786. The summed E-state index contributed by atoms with van der Waals surface area (Å²) in [6.07, 6.45) is 6.67. The fourth-order valence-corrected chi connectivity index (χ4v) is 3.59. The number of H-pyrrole nitrogens is 1. The zero-order valence-corrected chi connectivity index (χ0v) is 12.2. The molecule has 1 aromatic rings. The van der Waals surface area contributed by atoms with Crippen molar-refractivity contribution in [2.75, 3.05) is 0 Å². The third-order valence-corrected chi connectivity index (χ3v) is 4.46. The molecule has 0 aromatic carbocycles. The first-order valence-corrected chi connectivity index (χ1v) is 7.91. The highest BCUT2D eigenvalue weighted by molar-refractivity contribution is 7.07. The summed E-state index contributed by atoms with van der Waals surface area (Å²) in [5, 5.41) is 5.51. The smallest absolute Gasteiger partial charge is 0.304 e. The van der Waals surface area contributed by atoms with E-state index in [0.29, 0.717) is 6.04 Å². The molecule has 1 aliphatic rings. The van der Waals surface area contributed by atoms with Gasteiger partial charge in [0.05, 0.1) is 0 Å². The molecule has 1 heterocycles. The first kappa shape index (κ1) is 13.8. The molecular formula is C14H24N2OS. The summed E-state index contributed by atoms with van der Waals surface area (Å²) >= 11 is 1.25. The van der Waals surface area contributed by atoms with E-state index in [1.807, 2.05) is 5.38 Å². The molecule has 2 rings (SSSR count). The topological polar surface area (TPSA) is 44.9 Å². The number of hydrogen-bond donors (Lipinski definition) is 2. The molecule has 2 N–H and O–H groups in total.